The van der Waals surface area contributed by atoms with E-state index in [1.165, 1.54) is 10.5 Å². The number of aromatic nitrogens is 3. The Kier molecular flexibility index (Phi) is 4.83. The van der Waals surface area contributed by atoms with Gasteiger partial charge in [-0.1, -0.05) is 18.2 Å². The topological polar surface area (TPSA) is 65.8 Å². The average Bonchev–Trinajstić information content (AvgIpc) is 3.12. The molecule has 3 heterocycles. The van der Waals surface area contributed by atoms with E-state index in [0.717, 1.165) is 47.7 Å². The Labute approximate surface area is 164 Å². The molecule has 2 amide bonds. The molecule has 7 heteroatoms. The summed E-state index contributed by atoms with van der Waals surface area (Å²) < 4.78 is 1.84. The Morgan fingerprint density at radius 2 is 2.04 bits per heavy atom. The van der Waals surface area contributed by atoms with E-state index in [9.17, 15) is 4.79 Å². The zero-order valence-electron chi connectivity index (χ0n) is 16.4. The van der Waals surface area contributed by atoms with E-state index in [1.807, 2.05) is 41.2 Å². The minimum absolute atomic E-state index is 0.163. The number of hydrogen-bond donors (Lipinski definition) is 1. The summed E-state index contributed by atoms with van der Waals surface area (Å²) >= 11 is 0. The fourth-order valence-corrected chi connectivity index (χ4v) is 3.27. The number of likely N-dealkylation sites (N-methyl/N-ethyl adjacent to an activating group) is 1. The molecule has 0 aliphatic carbocycles. The van der Waals surface area contributed by atoms with E-state index in [0.29, 0.717) is 0 Å². The van der Waals surface area contributed by atoms with Gasteiger partial charge in [0.25, 0.3) is 0 Å². The second-order valence-electron chi connectivity index (χ2n) is 7.30. The maximum Gasteiger partial charge on any atom is 0.321 e. The van der Waals surface area contributed by atoms with E-state index >= 15 is 0 Å². The van der Waals surface area contributed by atoms with Crippen LogP contribution in [0.3, 0.4) is 0 Å². The van der Waals surface area contributed by atoms with Gasteiger partial charge in [-0.25, -0.2) is 14.3 Å². The van der Waals surface area contributed by atoms with Crippen molar-refractivity contribution in [1.82, 2.24) is 24.4 Å². The van der Waals surface area contributed by atoms with E-state index in [2.05, 4.69) is 39.5 Å². The minimum atomic E-state index is -0.163. The Morgan fingerprint density at radius 3 is 2.79 bits per heavy atom. The molecule has 1 N–H and O–H groups in total. The lowest BCUT2D eigenvalue weighted by molar-refractivity contribution is 0.230. The fraction of sp³-hybridized carbons (Fsp3) is 0.286. The Morgan fingerprint density at radius 1 is 1.18 bits per heavy atom. The second-order valence-corrected chi connectivity index (χ2v) is 7.30. The summed E-state index contributed by atoms with van der Waals surface area (Å²) in [7, 11) is 5.56. The molecular weight excluding hydrogens is 352 g/mol. The van der Waals surface area contributed by atoms with Gasteiger partial charge in [0.15, 0.2) is 5.65 Å². The highest BCUT2D eigenvalue weighted by molar-refractivity contribution is 5.89. The van der Waals surface area contributed by atoms with Gasteiger partial charge in [-0.15, -0.1) is 0 Å². The first-order valence-electron chi connectivity index (χ1n) is 9.32. The van der Waals surface area contributed by atoms with Crippen LogP contribution in [0.1, 0.15) is 12.0 Å². The summed E-state index contributed by atoms with van der Waals surface area (Å²) in [5, 5.41) is 7.51. The van der Waals surface area contributed by atoms with E-state index in [4.69, 9.17) is 0 Å². The maximum absolute atomic E-state index is 11.9. The highest BCUT2D eigenvalue weighted by Crippen LogP contribution is 2.26. The van der Waals surface area contributed by atoms with Crippen LogP contribution in [0.5, 0.6) is 0 Å². The summed E-state index contributed by atoms with van der Waals surface area (Å²) in [6.45, 7) is 2.02. The van der Waals surface area contributed by atoms with Crippen LogP contribution in [-0.2, 0) is 0 Å². The fourth-order valence-electron chi connectivity index (χ4n) is 3.27. The number of amides is 2. The molecule has 1 aliphatic heterocycles. The van der Waals surface area contributed by atoms with Crippen molar-refractivity contribution in [2.24, 2.45) is 0 Å². The number of nitrogens with zero attached hydrogens (tertiary/aromatic N) is 5. The molecule has 3 aromatic rings. The number of nitrogens with one attached hydrogen (secondary N) is 1. The normalized spacial score (nSPS) is 14.8. The van der Waals surface area contributed by atoms with E-state index in [1.54, 1.807) is 14.1 Å². The van der Waals surface area contributed by atoms with Crippen LogP contribution in [0.4, 0.5) is 10.5 Å². The zero-order valence-corrected chi connectivity index (χ0v) is 16.4. The van der Waals surface area contributed by atoms with Crippen molar-refractivity contribution in [1.29, 1.82) is 0 Å². The molecular formula is C21H24N6O. The largest absolute Gasteiger partial charge is 0.331 e. The van der Waals surface area contributed by atoms with Gasteiger partial charge >= 0.3 is 6.03 Å². The first kappa shape index (κ1) is 18.2. The molecule has 144 valence electrons. The van der Waals surface area contributed by atoms with E-state index in [-0.39, 0.29) is 6.03 Å². The molecule has 1 aromatic carbocycles. The van der Waals surface area contributed by atoms with E-state index < -0.39 is 0 Å². The molecule has 0 saturated carbocycles. The van der Waals surface area contributed by atoms with Gasteiger partial charge in [-0.05, 0) is 37.2 Å². The van der Waals surface area contributed by atoms with Crippen LogP contribution in [0.15, 0.2) is 48.8 Å². The number of carbonyl (C=O) groups excluding carboxylic acids is 1. The first-order chi connectivity index (χ1) is 13.5. The molecule has 28 heavy (non-hydrogen) atoms. The first-order valence-corrected chi connectivity index (χ1v) is 9.32. The third-order valence-corrected chi connectivity index (χ3v) is 4.96. The number of carbonyl (C=O) groups is 1. The maximum atomic E-state index is 11.9. The van der Waals surface area contributed by atoms with Gasteiger partial charge in [-0.3, -0.25) is 0 Å². The number of benzene rings is 1. The van der Waals surface area contributed by atoms with Crippen molar-refractivity contribution in [3.63, 3.8) is 0 Å². The molecule has 0 saturated heterocycles. The molecule has 0 bridgehead atoms. The van der Waals surface area contributed by atoms with Gasteiger partial charge < -0.3 is 15.1 Å². The number of rotatable bonds is 3. The van der Waals surface area contributed by atoms with Crippen LogP contribution < -0.4 is 5.32 Å². The Bertz CT molecular complexity index is 1050. The molecule has 0 spiro atoms. The molecule has 2 aromatic heterocycles. The van der Waals surface area contributed by atoms with Crippen LogP contribution in [0, 0.1) is 0 Å². The lowest BCUT2D eigenvalue weighted by Gasteiger charge is -2.21. The van der Waals surface area contributed by atoms with Crippen LogP contribution in [0.25, 0.3) is 22.5 Å². The third kappa shape index (κ3) is 3.61. The minimum Gasteiger partial charge on any atom is -0.331 e. The molecule has 0 radical (unpaired) electrons. The highest BCUT2D eigenvalue weighted by atomic mass is 16.2. The summed E-state index contributed by atoms with van der Waals surface area (Å²) in [5.41, 5.74) is 5.84. The van der Waals surface area contributed by atoms with Gasteiger partial charge in [0, 0.05) is 44.0 Å². The predicted octanol–water partition coefficient (Wildman–Crippen LogP) is 3.21. The highest BCUT2D eigenvalue weighted by Gasteiger charge is 2.13. The second kappa shape index (κ2) is 7.44. The molecule has 0 atom stereocenters. The van der Waals surface area contributed by atoms with Crippen molar-refractivity contribution < 1.29 is 4.79 Å². The molecule has 4 rings (SSSR count). The molecule has 7 nitrogen and oxygen atoms in total. The van der Waals surface area contributed by atoms with Crippen LogP contribution in [-0.4, -0.2) is 64.7 Å². The van der Waals surface area contributed by atoms with Crippen molar-refractivity contribution in [2.75, 3.05) is 39.5 Å². The molecule has 0 unspecified atom stereocenters. The standard InChI is InChI=1S/C21H24N6O/c1-25(2)21(28)24-18-6-4-5-16(11-18)19-14-22-20-12-17(13-23-27(19)20)15-7-9-26(3)10-8-15/h4-7,11-14H,8-10H2,1-3H3,(H,24,28). The number of hydrogen-bond acceptors (Lipinski definition) is 4. The molecule has 0 fully saturated rings. The Hall–Kier alpha value is -3.19. The summed E-state index contributed by atoms with van der Waals surface area (Å²) in [5.74, 6) is 0. The van der Waals surface area contributed by atoms with Gasteiger partial charge in [0.2, 0.25) is 0 Å². The number of urea groups is 1. The quantitative estimate of drug-likeness (QED) is 0.762. The monoisotopic (exact) mass is 376 g/mol. The lowest BCUT2D eigenvalue weighted by Crippen LogP contribution is -2.27. The smallest absolute Gasteiger partial charge is 0.321 e. The molecule has 1 aliphatic rings. The third-order valence-electron chi connectivity index (χ3n) is 4.96. The van der Waals surface area contributed by atoms with Crippen LogP contribution in [0.2, 0.25) is 0 Å². The predicted molar refractivity (Wildman–Crippen MR) is 111 cm³/mol. The summed E-state index contributed by atoms with van der Waals surface area (Å²) in [6.07, 6.45) is 7.02. The van der Waals surface area contributed by atoms with Crippen molar-refractivity contribution in [3.05, 3.63) is 54.4 Å². The van der Waals surface area contributed by atoms with Gasteiger partial charge in [0.1, 0.15) is 0 Å². The number of fused-ring (bicyclic) bond motifs is 1. The van der Waals surface area contributed by atoms with Crippen molar-refractivity contribution >= 4 is 22.9 Å². The van der Waals surface area contributed by atoms with Crippen LogP contribution >= 0.6 is 0 Å². The summed E-state index contributed by atoms with van der Waals surface area (Å²) in [6, 6.07) is 9.63. The summed E-state index contributed by atoms with van der Waals surface area (Å²) in [4.78, 5) is 20.3. The van der Waals surface area contributed by atoms with Crippen molar-refractivity contribution in [3.8, 4) is 11.3 Å². The lowest BCUT2D eigenvalue weighted by atomic mass is 10.0. The average molecular weight is 376 g/mol. The zero-order chi connectivity index (χ0) is 19.7. The Balaban J connectivity index is 1.64. The van der Waals surface area contributed by atoms with Gasteiger partial charge in [0.05, 0.1) is 18.1 Å². The number of imidazole rings is 1. The van der Waals surface area contributed by atoms with Crippen molar-refractivity contribution in [2.45, 2.75) is 6.42 Å². The van der Waals surface area contributed by atoms with Gasteiger partial charge in [-0.2, -0.15) is 5.10 Å². The number of anilines is 1. The SMILES string of the molecule is CN1CC=C(c2cnn3c(-c4cccc(NC(=O)N(C)C)c4)cnc3c2)CC1.